The van der Waals surface area contributed by atoms with Gasteiger partial charge in [0.1, 0.15) is 12.1 Å². The normalized spacial score (nSPS) is 22.8. The quantitative estimate of drug-likeness (QED) is 0.655. The minimum Gasteiger partial charge on any atom is -0.461 e. The Bertz CT molecular complexity index is 188. The number of carbonyl (C=O) groups excluding carboxylic acids is 1. The van der Waals surface area contributed by atoms with Crippen LogP contribution in [0.25, 0.3) is 0 Å². The van der Waals surface area contributed by atoms with Crippen LogP contribution < -0.4 is 5.73 Å². The van der Waals surface area contributed by atoms with E-state index in [0.29, 0.717) is 0 Å². The summed E-state index contributed by atoms with van der Waals surface area (Å²) >= 11 is 0. The topological polar surface area (TPSA) is 72.5 Å². The molecule has 4 heteroatoms. The highest BCUT2D eigenvalue weighted by Crippen LogP contribution is 2.20. The number of hydrogen-bond acceptors (Lipinski definition) is 4. The van der Waals surface area contributed by atoms with E-state index in [4.69, 9.17) is 15.6 Å². The molecule has 0 aromatic carbocycles. The molecule has 0 spiro atoms. The second-order valence-electron chi connectivity index (χ2n) is 3.96. The Labute approximate surface area is 84.4 Å². The first kappa shape index (κ1) is 11.5. The third-order valence-electron chi connectivity index (χ3n) is 2.63. The average Bonchev–Trinajstić information content (AvgIpc) is 2.18. The van der Waals surface area contributed by atoms with Crippen LogP contribution in [-0.4, -0.2) is 29.3 Å². The van der Waals surface area contributed by atoms with Crippen molar-refractivity contribution in [2.75, 3.05) is 0 Å². The molecule has 1 rings (SSSR count). The summed E-state index contributed by atoms with van der Waals surface area (Å²) in [5, 5.41) is 9.09. The van der Waals surface area contributed by atoms with E-state index in [2.05, 4.69) is 0 Å². The molecule has 0 unspecified atom stereocenters. The van der Waals surface area contributed by atoms with Crippen molar-refractivity contribution in [1.82, 2.24) is 0 Å². The molecule has 2 atom stereocenters. The highest BCUT2D eigenvalue weighted by Gasteiger charge is 2.24. The molecule has 1 saturated carbocycles. The van der Waals surface area contributed by atoms with E-state index in [-0.39, 0.29) is 6.10 Å². The van der Waals surface area contributed by atoms with E-state index in [9.17, 15) is 4.79 Å². The Morgan fingerprint density at radius 1 is 1.43 bits per heavy atom. The van der Waals surface area contributed by atoms with Gasteiger partial charge in [0.05, 0.1) is 6.10 Å². The zero-order valence-electron chi connectivity index (χ0n) is 8.61. The van der Waals surface area contributed by atoms with E-state index < -0.39 is 18.1 Å². The van der Waals surface area contributed by atoms with Gasteiger partial charge in [0.25, 0.3) is 0 Å². The van der Waals surface area contributed by atoms with Crippen molar-refractivity contribution in [3.05, 3.63) is 0 Å². The van der Waals surface area contributed by atoms with Gasteiger partial charge in [-0.25, -0.2) is 0 Å². The summed E-state index contributed by atoms with van der Waals surface area (Å²) in [6.07, 6.45) is 4.48. The zero-order chi connectivity index (χ0) is 10.6. The number of hydrogen-bond donors (Lipinski definition) is 2. The standard InChI is InChI=1S/C10H19NO3/c1-7(12)9(11)10(13)14-8-5-3-2-4-6-8/h7-9,12H,2-6,11H2,1H3/t7-,9+/m1/s1. The van der Waals surface area contributed by atoms with E-state index in [1.807, 2.05) is 0 Å². The Hall–Kier alpha value is -0.610. The summed E-state index contributed by atoms with van der Waals surface area (Å²) in [7, 11) is 0. The minimum atomic E-state index is -0.906. The molecular weight excluding hydrogens is 182 g/mol. The maximum atomic E-state index is 11.3. The first-order valence-corrected chi connectivity index (χ1v) is 5.25. The molecule has 14 heavy (non-hydrogen) atoms. The number of carbonyl (C=O) groups is 1. The van der Waals surface area contributed by atoms with Gasteiger partial charge in [-0.2, -0.15) is 0 Å². The third kappa shape index (κ3) is 3.27. The van der Waals surface area contributed by atoms with Gasteiger partial charge in [-0.1, -0.05) is 6.42 Å². The van der Waals surface area contributed by atoms with Crippen molar-refractivity contribution in [3.8, 4) is 0 Å². The Morgan fingerprint density at radius 2 is 2.00 bits per heavy atom. The molecule has 1 aliphatic rings. The van der Waals surface area contributed by atoms with E-state index in [0.717, 1.165) is 25.7 Å². The molecule has 0 saturated heterocycles. The van der Waals surface area contributed by atoms with Crippen LogP contribution in [0.5, 0.6) is 0 Å². The molecule has 0 aromatic heterocycles. The van der Waals surface area contributed by atoms with Gasteiger partial charge in [0.15, 0.2) is 0 Å². The summed E-state index contributed by atoms with van der Waals surface area (Å²) in [6.45, 7) is 1.49. The molecule has 0 bridgehead atoms. The lowest BCUT2D eigenvalue weighted by molar-refractivity contribution is -0.154. The Balaban J connectivity index is 2.31. The fourth-order valence-corrected chi connectivity index (χ4v) is 1.62. The lowest BCUT2D eigenvalue weighted by Crippen LogP contribution is -2.43. The van der Waals surface area contributed by atoms with Crippen molar-refractivity contribution < 1.29 is 14.6 Å². The Morgan fingerprint density at radius 3 is 2.50 bits per heavy atom. The lowest BCUT2D eigenvalue weighted by atomic mass is 9.98. The molecule has 0 aliphatic heterocycles. The molecular formula is C10H19NO3. The predicted molar refractivity (Wildman–Crippen MR) is 52.6 cm³/mol. The highest BCUT2D eigenvalue weighted by atomic mass is 16.5. The van der Waals surface area contributed by atoms with Crippen molar-refractivity contribution in [2.45, 2.75) is 57.3 Å². The number of esters is 1. The van der Waals surface area contributed by atoms with Crippen molar-refractivity contribution >= 4 is 5.97 Å². The van der Waals surface area contributed by atoms with Gasteiger partial charge < -0.3 is 15.6 Å². The van der Waals surface area contributed by atoms with Gasteiger partial charge in [-0.3, -0.25) is 4.79 Å². The molecule has 82 valence electrons. The number of ether oxygens (including phenoxy) is 1. The summed E-state index contributed by atoms with van der Waals surface area (Å²) in [4.78, 5) is 11.3. The van der Waals surface area contributed by atoms with Crippen molar-refractivity contribution in [3.63, 3.8) is 0 Å². The molecule has 3 N–H and O–H groups in total. The van der Waals surface area contributed by atoms with Crippen LogP contribution in [0.15, 0.2) is 0 Å². The summed E-state index contributed by atoms with van der Waals surface area (Å²) in [5.74, 6) is -0.480. The smallest absolute Gasteiger partial charge is 0.325 e. The minimum absolute atomic E-state index is 0.0149. The van der Waals surface area contributed by atoms with Crippen LogP contribution in [-0.2, 0) is 9.53 Å². The van der Waals surface area contributed by atoms with Crippen LogP contribution in [0.3, 0.4) is 0 Å². The van der Waals surface area contributed by atoms with Gasteiger partial charge in [-0.15, -0.1) is 0 Å². The van der Waals surface area contributed by atoms with Crippen LogP contribution >= 0.6 is 0 Å². The average molecular weight is 201 g/mol. The molecule has 1 fully saturated rings. The predicted octanol–water partition coefficient (Wildman–Crippen LogP) is 0.570. The lowest BCUT2D eigenvalue weighted by Gasteiger charge is -2.24. The second-order valence-corrected chi connectivity index (χ2v) is 3.96. The summed E-state index contributed by atoms with van der Waals surface area (Å²) in [5.41, 5.74) is 5.45. The monoisotopic (exact) mass is 201 g/mol. The molecule has 4 nitrogen and oxygen atoms in total. The number of rotatable bonds is 3. The van der Waals surface area contributed by atoms with Crippen molar-refractivity contribution in [1.29, 1.82) is 0 Å². The third-order valence-corrected chi connectivity index (χ3v) is 2.63. The Kier molecular flexibility index (Phi) is 4.35. The fourth-order valence-electron chi connectivity index (χ4n) is 1.62. The summed E-state index contributed by atoms with van der Waals surface area (Å²) in [6, 6.07) is -0.906. The molecule has 1 aliphatic carbocycles. The van der Waals surface area contributed by atoms with Crippen LogP contribution in [0.4, 0.5) is 0 Å². The highest BCUT2D eigenvalue weighted by molar-refractivity contribution is 5.76. The summed E-state index contributed by atoms with van der Waals surface area (Å²) < 4.78 is 5.19. The van der Waals surface area contributed by atoms with Gasteiger partial charge in [0, 0.05) is 0 Å². The molecule has 0 aromatic rings. The SMILES string of the molecule is C[C@@H](O)[C@H](N)C(=O)OC1CCCCC1. The maximum Gasteiger partial charge on any atom is 0.325 e. The number of aliphatic hydroxyl groups excluding tert-OH is 1. The van der Waals surface area contributed by atoms with Crippen LogP contribution in [0, 0.1) is 0 Å². The van der Waals surface area contributed by atoms with Crippen molar-refractivity contribution in [2.24, 2.45) is 5.73 Å². The van der Waals surface area contributed by atoms with Gasteiger partial charge >= 0.3 is 5.97 Å². The van der Waals surface area contributed by atoms with Gasteiger partial charge in [0.2, 0.25) is 0 Å². The first-order valence-electron chi connectivity index (χ1n) is 5.25. The zero-order valence-corrected chi connectivity index (χ0v) is 8.61. The van der Waals surface area contributed by atoms with E-state index in [1.54, 1.807) is 0 Å². The maximum absolute atomic E-state index is 11.3. The largest absolute Gasteiger partial charge is 0.461 e. The molecule has 0 heterocycles. The van der Waals surface area contributed by atoms with Crippen LogP contribution in [0.2, 0.25) is 0 Å². The second kappa shape index (κ2) is 5.32. The van der Waals surface area contributed by atoms with E-state index in [1.165, 1.54) is 13.3 Å². The fraction of sp³-hybridized carbons (Fsp3) is 0.900. The number of aliphatic hydroxyl groups is 1. The molecule has 0 amide bonds. The van der Waals surface area contributed by atoms with E-state index >= 15 is 0 Å². The van der Waals surface area contributed by atoms with Gasteiger partial charge in [-0.05, 0) is 32.6 Å². The molecule has 0 radical (unpaired) electrons. The number of nitrogens with two attached hydrogens (primary N) is 1. The van der Waals surface area contributed by atoms with Crippen LogP contribution in [0.1, 0.15) is 39.0 Å². The first-order chi connectivity index (χ1) is 6.61.